The molecule has 0 aliphatic rings. The van der Waals surface area contributed by atoms with E-state index in [4.69, 9.17) is 9.26 Å². The van der Waals surface area contributed by atoms with Crippen LogP contribution in [0.2, 0.25) is 0 Å². The minimum atomic E-state index is -0.735. The van der Waals surface area contributed by atoms with Gasteiger partial charge in [-0.05, 0) is 13.8 Å². The van der Waals surface area contributed by atoms with E-state index in [-0.39, 0.29) is 12.0 Å². The van der Waals surface area contributed by atoms with Gasteiger partial charge in [-0.1, -0.05) is 19.0 Å². The molecule has 1 aromatic heterocycles. The van der Waals surface area contributed by atoms with Crippen LogP contribution < -0.4 is 4.74 Å². The molecule has 15 heavy (non-hydrogen) atoms. The Morgan fingerprint density at radius 2 is 2.13 bits per heavy atom. The van der Waals surface area contributed by atoms with Gasteiger partial charge in [0, 0.05) is 12.3 Å². The van der Waals surface area contributed by atoms with Crippen molar-refractivity contribution in [2.24, 2.45) is 0 Å². The average Bonchev–Trinajstić information content (AvgIpc) is 2.50. The standard InChI is InChI=1S/C10H18N2O3/c1-7(2)8-11-9(15-12-8)14-6-5-10(3,4)13/h7,13H,5-6H2,1-4H3. The van der Waals surface area contributed by atoms with E-state index in [0.717, 1.165) is 0 Å². The van der Waals surface area contributed by atoms with Gasteiger partial charge in [0.1, 0.15) is 0 Å². The van der Waals surface area contributed by atoms with Crippen LogP contribution >= 0.6 is 0 Å². The van der Waals surface area contributed by atoms with E-state index >= 15 is 0 Å². The fourth-order valence-electron chi connectivity index (χ4n) is 0.901. The van der Waals surface area contributed by atoms with Gasteiger partial charge in [0.25, 0.3) is 0 Å². The third-order valence-corrected chi connectivity index (χ3v) is 1.88. The van der Waals surface area contributed by atoms with Crippen molar-refractivity contribution in [3.63, 3.8) is 0 Å². The maximum atomic E-state index is 9.44. The summed E-state index contributed by atoms with van der Waals surface area (Å²) < 4.78 is 10.1. The van der Waals surface area contributed by atoms with Gasteiger partial charge in [-0.25, -0.2) is 0 Å². The van der Waals surface area contributed by atoms with Crippen molar-refractivity contribution >= 4 is 0 Å². The molecule has 0 fully saturated rings. The molecule has 86 valence electrons. The number of aromatic nitrogens is 2. The lowest BCUT2D eigenvalue weighted by molar-refractivity contribution is 0.0492. The summed E-state index contributed by atoms with van der Waals surface area (Å²) in [5.41, 5.74) is -0.735. The van der Waals surface area contributed by atoms with Gasteiger partial charge >= 0.3 is 6.08 Å². The molecule has 0 radical (unpaired) electrons. The van der Waals surface area contributed by atoms with Crippen molar-refractivity contribution in [2.75, 3.05) is 6.61 Å². The van der Waals surface area contributed by atoms with Crippen LogP contribution in [0.15, 0.2) is 4.52 Å². The van der Waals surface area contributed by atoms with Crippen LogP contribution in [-0.4, -0.2) is 27.5 Å². The third kappa shape index (κ3) is 4.29. The minimum absolute atomic E-state index is 0.169. The summed E-state index contributed by atoms with van der Waals surface area (Å²) in [5, 5.41) is 13.2. The lowest BCUT2D eigenvalue weighted by atomic mass is 10.1. The van der Waals surface area contributed by atoms with Crippen LogP contribution in [0.4, 0.5) is 0 Å². The molecule has 0 aromatic carbocycles. The first kappa shape index (κ1) is 12.0. The highest BCUT2D eigenvalue weighted by Crippen LogP contribution is 2.15. The Morgan fingerprint density at radius 1 is 1.47 bits per heavy atom. The highest BCUT2D eigenvalue weighted by molar-refractivity contribution is 4.94. The van der Waals surface area contributed by atoms with Crippen LogP contribution in [0, 0.1) is 0 Å². The fraction of sp³-hybridized carbons (Fsp3) is 0.800. The molecule has 5 heteroatoms. The summed E-state index contributed by atoms with van der Waals surface area (Å²) >= 11 is 0. The number of ether oxygens (including phenoxy) is 1. The molecule has 0 atom stereocenters. The molecule has 0 spiro atoms. The molecule has 1 rings (SSSR count). The second kappa shape index (κ2) is 4.61. The second-order valence-corrected chi connectivity index (χ2v) is 4.48. The minimum Gasteiger partial charge on any atom is -0.449 e. The van der Waals surface area contributed by atoms with E-state index in [1.807, 2.05) is 13.8 Å². The van der Waals surface area contributed by atoms with Gasteiger partial charge < -0.3 is 9.84 Å². The predicted molar refractivity (Wildman–Crippen MR) is 54.8 cm³/mol. The Balaban J connectivity index is 2.38. The van der Waals surface area contributed by atoms with E-state index < -0.39 is 5.60 Å². The highest BCUT2D eigenvalue weighted by atomic mass is 16.6. The topological polar surface area (TPSA) is 68.4 Å². The van der Waals surface area contributed by atoms with Crippen LogP contribution in [0.5, 0.6) is 6.08 Å². The largest absolute Gasteiger partial charge is 0.449 e. The number of hydrogen-bond acceptors (Lipinski definition) is 5. The van der Waals surface area contributed by atoms with Crippen molar-refractivity contribution in [2.45, 2.75) is 45.6 Å². The van der Waals surface area contributed by atoms with E-state index in [1.165, 1.54) is 0 Å². The zero-order valence-electron chi connectivity index (χ0n) is 9.65. The molecular weight excluding hydrogens is 196 g/mol. The van der Waals surface area contributed by atoms with Gasteiger partial charge in [0.05, 0.1) is 12.2 Å². The molecule has 0 saturated carbocycles. The van der Waals surface area contributed by atoms with Gasteiger partial charge in [0.2, 0.25) is 0 Å². The van der Waals surface area contributed by atoms with Crippen molar-refractivity contribution in [1.29, 1.82) is 0 Å². The average molecular weight is 214 g/mol. The van der Waals surface area contributed by atoms with Crippen LogP contribution in [0.1, 0.15) is 45.9 Å². The zero-order valence-corrected chi connectivity index (χ0v) is 9.65. The molecule has 1 heterocycles. The van der Waals surface area contributed by atoms with Gasteiger partial charge in [0.15, 0.2) is 5.82 Å². The molecule has 0 amide bonds. The summed E-state index contributed by atoms with van der Waals surface area (Å²) in [4.78, 5) is 4.05. The van der Waals surface area contributed by atoms with Crippen LogP contribution in [-0.2, 0) is 0 Å². The fourth-order valence-corrected chi connectivity index (χ4v) is 0.901. The molecule has 0 saturated heterocycles. The predicted octanol–water partition coefficient (Wildman–Crippen LogP) is 1.73. The third-order valence-electron chi connectivity index (χ3n) is 1.88. The van der Waals surface area contributed by atoms with Crippen LogP contribution in [0.25, 0.3) is 0 Å². The van der Waals surface area contributed by atoms with Crippen molar-refractivity contribution in [3.05, 3.63) is 5.82 Å². The maximum Gasteiger partial charge on any atom is 0.417 e. The van der Waals surface area contributed by atoms with E-state index in [2.05, 4.69) is 10.1 Å². The lowest BCUT2D eigenvalue weighted by Gasteiger charge is -2.15. The van der Waals surface area contributed by atoms with Crippen molar-refractivity contribution in [3.8, 4) is 6.08 Å². The Bertz CT molecular complexity index is 302. The van der Waals surface area contributed by atoms with Gasteiger partial charge in [-0.3, -0.25) is 4.52 Å². The summed E-state index contributed by atoms with van der Waals surface area (Å²) in [5.74, 6) is 0.855. The summed E-state index contributed by atoms with van der Waals surface area (Å²) in [7, 11) is 0. The van der Waals surface area contributed by atoms with Crippen molar-refractivity contribution in [1.82, 2.24) is 10.1 Å². The first-order chi connectivity index (χ1) is 6.88. The molecule has 1 aromatic rings. The molecule has 0 unspecified atom stereocenters. The zero-order chi connectivity index (χ0) is 11.5. The second-order valence-electron chi connectivity index (χ2n) is 4.48. The Kier molecular flexibility index (Phi) is 3.68. The number of nitrogens with zero attached hydrogens (tertiary/aromatic N) is 2. The Morgan fingerprint density at radius 3 is 2.60 bits per heavy atom. The SMILES string of the molecule is CC(C)c1noc(OCCC(C)(C)O)n1. The number of aliphatic hydroxyl groups is 1. The molecule has 0 aliphatic carbocycles. The smallest absolute Gasteiger partial charge is 0.417 e. The van der Waals surface area contributed by atoms with E-state index in [1.54, 1.807) is 13.8 Å². The Labute approximate surface area is 89.4 Å². The molecule has 1 N–H and O–H groups in total. The Hall–Kier alpha value is -1.10. The summed E-state index contributed by atoms with van der Waals surface area (Å²) in [6.07, 6.45) is 0.690. The molecule has 0 bridgehead atoms. The van der Waals surface area contributed by atoms with Crippen LogP contribution in [0.3, 0.4) is 0 Å². The summed E-state index contributed by atoms with van der Waals surface area (Å²) in [6, 6.07) is 0. The maximum absolute atomic E-state index is 9.44. The highest BCUT2D eigenvalue weighted by Gasteiger charge is 2.14. The normalized spacial score (nSPS) is 12.1. The van der Waals surface area contributed by atoms with E-state index in [0.29, 0.717) is 18.9 Å². The molecular formula is C10H18N2O3. The van der Waals surface area contributed by atoms with Crippen molar-refractivity contribution < 1.29 is 14.4 Å². The quantitative estimate of drug-likeness (QED) is 0.808. The lowest BCUT2D eigenvalue weighted by Crippen LogP contribution is -2.21. The van der Waals surface area contributed by atoms with E-state index in [9.17, 15) is 5.11 Å². The monoisotopic (exact) mass is 214 g/mol. The molecule has 5 nitrogen and oxygen atoms in total. The molecule has 0 aliphatic heterocycles. The number of hydrogen-bond donors (Lipinski definition) is 1. The summed E-state index contributed by atoms with van der Waals surface area (Å²) in [6.45, 7) is 7.77. The first-order valence-electron chi connectivity index (χ1n) is 5.07. The van der Waals surface area contributed by atoms with Gasteiger partial charge in [-0.15, -0.1) is 0 Å². The van der Waals surface area contributed by atoms with Gasteiger partial charge in [-0.2, -0.15) is 4.98 Å². The first-order valence-corrected chi connectivity index (χ1v) is 5.07. The number of rotatable bonds is 5.